The average Bonchev–Trinajstić information content (AvgIpc) is 3.20. The minimum absolute atomic E-state index is 0.00615. The van der Waals surface area contributed by atoms with E-state index in [4.69, 9.17) is 22.1 Å². The Morgan fingerprint density at radius 1 is 1.16 bits per heavy atom. The molecule has 6 rings (SSSR count). The number of rotatable bonds is 4. The first kappa shape index (κ1) is 24.5. The first-order valence-corrected chi connectivity index (χ1v) is 12.9. The fourth-order valence-electron chi connectivity index (χ4n) is 5.37. The van der Waals surface area contributed by atoms with Gasteiger partial charge in [0.2, 0.25) is 0 Å². The second kappa shape index (κ2) is 9.50. The second-order valence-corrected chi connectivity index (χ2v) is 10.2. The molecule has 1 aromatic carbocycles. The predicted octanol–water partition coefficient (Wildman–Crippen LogP) is 2.59. The Labute approximate surface area is 222 Å². The number of piperidine rings is 1. The molecule has 38 heavy (non-hydrogen) atoms. The monoisotopic (exact) mass is 534 g/mol. The number of ether oxygens (including phenoxy) is 1. The van der Waals surface area contributed by atoms with Crippen LogP contribution in [0.3, 0.4) is 0 Å². The number of hydrogen-bond acceptors (Lipinski definition) is 9. The molecule has 5 heterocycles. The normalized spacial score (nSPS) is 20.8. The lowest BCUT2D eigenvalue weighted by atomic mass is 9.73. The van der Waals surface area contributed by atoms with E-state index in [0.717, 1.165) is 30.5 Å². The Morgan fingerprint density at radius 3 is 2.68 bits per heavy atom. The number of nitrogens with zero attached hydrogens (tertiary/aromatic N) is 5. The fraction of sp³-hybridized carbons (Fsp3) is 0.346. The summed E-state index contributed by atoms with van der Waals surface area (Å²) in [5.41, 5.74) is 6.03. The van der Waals surface area contributed by atoms with Crippen molar-refractivity contribution in [3.8, 4) is 5.69 Å². The molecule has 12 heteroatoms. The quantitative estimate of drug-likeness (QED) is 0.360. The van der Waals surface area contributed by atoms with Crippen LogP contribution in [0.1, 0.15) is 19.8 Å². The zero-order valence-electron chi connectivity index (χ0n) is 20.7. The van der Waals surface area contributed by atoms with Gasteiger partial charge < -0.3 is 20.7 Å². The molecule has 2 saturated heterocycles. The Bertz CT molecular complexity index is 1610. The van der Waals surface area contributed by atoms with Gasteiger partial charge in [0.1, 0.15) is 11.6 Å². The smallest absolute Gasteiger partial charge is 0.334 e. The maximum Gasteiger partial charge on any atom is 0.334 e. The number of nitrogens with one attached hydrogen (secondary N) is 2. The Hall–Kier alpha value is -3.80. The molecule has 0 amide bonds. The fourth-order valence-corrected chi connectivity index (χ4v) is 5.63. The van der Waals surface area contributed by atoms with Crippen molar-refractivity contribution in [1.29, 1.82) is 0 Å². The summed E-state index contributed by atoms with van der Waals surface area (Å²) in [6, 6.07) is 10.4. The first-order chi connectivity index (χ1) is 18.4. The Morgan fingerprint density at radius 2 is 1.97 bits per heavy atom. The van der Waals surface area contributed by atoms with E-state index in [9.17, 15) is 9.59 Å². The van der Waals surface area contributed by atoms with Crippen LogP contribution in [0.25, 0.3) is 16.9 Å². The number of nitrogens with two attached hydrogens (primary N) is 1. The van der Waals surface area contributed by atoms with Gasteiger partial charge in [-0.05, 0) is 44.0 Å². The third-order valence-electron chi connectivity index (χ3n) is 7.67. The topological polar surface area (TPSA) is 144 Å². The molecular formula is C26H27ClN8O3. The average molecular weight is 535 g/mol. The highest BCUT2D eigenvalue weighted by atomic mass is 35.5. The summed E-state index contributed by atoms with van der Waals surface area (Å²) in [6.45, 7) is 4.15. The zero-order valence-corrected chi connectivity index (χ0v) is 21.5. The highest BCUT2D eigenvalue weighted by Gasteiger charge is 2.47. The highest BCUT2D eigenvalue weighted by Crippen LogP contribution is 2.41. The molecule has 0 bridgehead atoms. The van der Waals surface area contributed by atoms with E-state index in [-0.39, 0.29) is 39.4 Å². The van der Waals surface area contributed by atoms with Crippen LogP contribution in [-0.4, -0.2) is 56.3 Å². The first-order valence-electron chi connectivity index (χ1n) is 12.5. The van der Waals surface area contributed by atoms with Crippen LogP contribution in [-0.2, 0) is 4.74 Å². The Kier molecular flexibility index (Phi) is 6.13. The van der Waals surface area contributed by atoms with Crippen LogP contribution in [0, 0.1) is 5.41 Å². The number of aromatic amines is 1. The minimum Gasteiger partial charge on any atom is -0.376 e. The molecule has 11 nitrogen and oxygen atoms in total. The molecule has 2 aliphatic rings. The lowest BCUT2D eigenvalue weighted by molar-refractivity contribution is 0.0974. The lowest BCUT2D eigenvalue weighted by Gasteiger charge is -2.41. The Balaban J connectivity index is 1.31. The number of anilines is 3. The SMILES string of the molecule is C[C@@H]1OCC2(CCN(c3cnc4c(=O)n(-c5cccc(Nc6ccccn6)c5Cl)c(=O)[nH]c4n3)CC2)[C@@H]1N. The summed E-state index contributed by atoms with van der Waals surface area (Å²) in [7, 11) is 0. The van der Waals surface area contributed by atoms with Gasteiger partial charge in [0.05, 0.1) is 35.3 Å². The van der Waals surface area contributed by atoms with Crippen molar-refractivity contribution >= 4 is 40.1 Å². The standard InChI is InChI=1S/C26H27ClN8O3/c1-15-22(28)26(14-38-15)8-11-34(12-9-26)19-13-30-21-23(32-19)33-25(37)35(24(21)36)17-6-4-5-16(20(17)27)31-18-7-2-3-10-29-18/h2-7,10,13,15,22H,8-9,11-12,14,28H2,1H3,(H,29,31)(H,32,33,37)/t15-,22+/m0/s1. The molecule has 2 atom stereocenters. The molecule has 4 N–H and O–H groups in total. The molecule has 2 aliphatic heterocycles. The van der Waals surface area contributed by atoms with Crippen molar-refractivity contribution in [2.24, 2.45) is 11.1 Å². The zero-order chi connectivity index (χ0) is 26.4. The van der Waals surface area contributed by atoms with Gasteiger partial charge in [0.15, 0.2) is 11.2 Å². The molecular weight excluding hydrogens is 508 g/mol. The number of pyridine rings is 1. The van der Waals surface area contributed by atoms with Crippen molar-refractivity contribution in [2.45, 2.75) is 31.9 Å². The largest absolute Gasteiger partial charge is 0.376 e. The molecule has 2 fully saturated rings. The van der Waals surface area contributed by atoms with Gasteiger partial charge in [-0.15, -0.1) is 0 Å². The van der Waals surface area contributed by atoms with Crippen LogP contribution in [0.15, 0.2) is 58.4 Å². The van der Waals surface area contributed by atoms with Crippen molar-refractivity contribution in [3.63, 3.8) is 0 Å². The number of hydrogen-bond donors (Lipinski definition) is 3. The third-order valence-corrected chi connectivity index (χ3v) is 8.07. The summed E-state index contributed by atoms with van der Waals surface area (Å²) in [6.07, 6.45) is 5.01. The van der Waals surface area contributed by atoms with E-state index < -0.39 is 11.2 Å². The predicted molar refractivity (Wildman–Crippen MR) is 146 cm³/mol. The molecule has 0 saturated carbocycles. The van der Waals surface area contributed by atoms with Gasteiger partial charge in [-0.25, -0.2) is 24.3 Å². The van der Waals surface area contributed by atoms with E-state index in [1.807, 2.05) is 13.0 Å². The van der Waals surface area contributed by atoms with Crippen molar-refractivity contribution in [3.05, 3.63) is 74.7 Å². The summed E-state index contributed by atoms with van der Waals surface area (Å²) < 4.78 is 6.78. The van der Waals surface area contributed by atoms with Gasteiger partial charge in [-0.3, -0.25) is 9.78 Å². The molecule has 196 valence electrons. The maximum absolute atomic E-state index is 13.4. The molecule has 0 radical (unpaired) electrons. The molecule has 0 unspecified atom stereocenters. The highest BCUT2D eigenvalue weighted by molar-refractivity contribution is 6.35. The number of fused-ring (bicyclic) bond motifs is 1. The minimum atomic E-state index is -0.661. The number of H-pyrrole nitrogens is 1. The van der Waals surface area contributed by atoms with Gasteiger partial charge in [0, 0.05) is 30.7 Å². The summed E-state index contributed by atoms with van der Waals surface area (Å²) in [5.74, 6) is 1.17. The second-order valence-electron chi connectivity index (χ2n) is 9.87. The third kappa shape index (κ3) is 4.12. The van der Waals surface area contributed by atoms with E-state index in [2.05, 4.69) is 30.2 Å². The number of benzene rings is 1. The number of halogens is 1. The van der Waals surface area contributed by atoms with Crippen LogP contribution < -0.4 is 27.2 Å². The van der Waals surface area contributed by atoms with Crippen molar-refractivity contribution < 1.29 is 4.74 Å². The lowest BCUT2D eigenvalue weighted by Crippen LogP contribution is -2.50. The summed E-state index contributed by atoms with van der Waals surface area (Å²) in [4.78, 5) is 44.5. The van der Waals surface area contributed by atoms with Crippen LogP contribution in [0.5, 0.6) is 0 Å². The van der Waals surface area contributed by atoms with Crippen molar-refractivity contribution in [2.75, 3.05) is 29.9 Å². The van der Waals surface area contributed by atoms with E-state index >= 15 is 0 Å². The van der Waals surface area contributed by atoms with Crippen LogP contribution >= 0.6 is 11.6 Å². The molecule has 4 aromatic rings. The van der Waals surface area contributed by atoms with Crippen molar-refractivity contribution in [1.82, 2.24) is 24.5 Å². The molecule has 1 spiro atoms. The van der Waals surface area contributed by atoms with E-state index in [1.165, 1.54) is 0 Å². The van der Waals surface area contributed by atoms with E-state index in [0.29, 0.717) is 23.9 Å². The van der Waals surface area contributed by atoms with Gasteiger partial charge in [-0.1, -0.05) is 23.7 Å². The van der Waals surface area contributed by atoms with Crippen LogP contribution in [0.4, 0.5) is 17.3 Å². The van der Waals surface area contributed by atoms with Gasteiger partial charge in [0.25, 0.3) is 5.56 Å². The summed E-state index contributed by atoms with van der Waals surface area (Å²) >= 11 is 6.62. The maximum atomic E-state index is 13.4. The summed E-state index contributed by atoms with van der Waals surface area (Å²) in [5, 5.41) is 3.30. The molecule has 3 aromatic heterocycles. The van der Waals surface area contributed by atoms with E-state index in [1.54, 1.807) is 42.7 Å². The van der Waals surface area contributed by atoms with Gasteiger partial charge in [-0.2, -0.15) is 0 Å². The van der Waals surface area contributed by atoms with Crippen LogP contribution in [0.2, 0.25) is 5.02 Å². The number of aromatic nitrogens is 5. The van der Waals surface area contributed by atoms with Gasteiger partial charge >= 0.3 is 5.69 Å². The molecule has 0 aliphatic carbocycles.